The first-order chi connectivity index (χ1) is 13.1. The van der Waals surface area contributed by atoms with Crippen molar-refractivity contribution in [2.24, 2.45) is 5.92 Å². The van der Waals surface area contributed by atoms with Gasteiger partial charge in [0.1, 0.15) is 16.9 Å². The smallest absolute Gasteiger partial charge is 0.255 e. The summed E-state index contributed by atoms with van der Waals surface area (Å²) in [6.07, 6.45) is 0. The van der Waals surface area contributed by atoms with Crippen LogP contribution in [0.15, 0.2) is 71.1 Å². The van der Waals surface area contributed by atoms with Gasteiger partial charge in [0.05, 0.1) is 6.61 Å². The molecule has 27 heavy (non-hydrogen) atoms. The van der Waals surface area contributed by atoms with Crippen LogP contribution in [0.1, 0.15) is 24.2 Å². The first-order valence-corrected chi connectivity index (χ1v) is 9.05. The monoisotopic (exact) mass is 359 g/mol. The van der Waals surface area contributed by atoms with E-state index in [1.807, 2.05) is 54.6 Å². The summed E-state index contributed by atoms with van der Waals surface area (Å²) in [5.74, 6) is 0.947. The maximum Gasteiger partial charge on any atom is 0.255 e. The lowest BCUT2D eigenvalue weighted by Crippen LogP contribution is -2.12. The predicted octanol–water partition coefficient (Wildman–Crippen LogP) is 5.87. The van der Waals surface area contributed by atoms with Gasteiger partial charge in [-0.1, -0.05) is 38.1 Å². The van der Waals surface area contributed by atoms with Crippen LogP contribution in [-0.2, 0) is 0 Å². The molecular weight excluding hydrogens is 338 g/mol. The number of amides is 1. The van der Waals surface area contributed by atoms with E-state index >= 15 is 0 Å². The number of carbonyl (C=O) groups excluding carboxylic acids is 1. The number of nitrogens with one attached hydrogen (secondary N) is 1. The molecule has 0 atom stereocenters. The number of hydrogen-bond donors (Lipinski definition) is 1. The molecule has 0 aliphatic rings. The molecule has 0 aliphatic carbocycles. The van der Waals surface area contributed by atoms with Crippen LogP contribution in [0.3, 0.4) is 0 Å². The van der Waals surface area contributed by atoms with Crippen molar-refractivity contribution in [3.63, 3.8) is 0 Å². The maximum absolute atomic E-state index is 12.6. The lowest BCUT2D eigenvalue weighted by atomic mass is 10.1. The van der Waals surface area contributed by atoms with E-state index in [4.69, 9.17) is 9.15 Å². The Kier molecular flexibility index (Phi) is 4.55. The largest absolute Gasteiger partial charge is 0.493 e. The molecule has 0 unspecified atom stereocenters. The van der Waals surface area contributed by atoms with Crippen LogP contribution < -0.4 is 10.1 Å². The zero-order chi connectivity index (χ0) is 18.8. The minimum Gasteiger partial charge on any atom is -0.493 e. The summed E-state index contributed by atoms with van der Waals surface area (Å²) in [4.78, 5) is 12.6. The molecule has 4 rings (SSSR count). The number of anilines is 1. The Morgan fingerprint density at radius 3 is 2.63 bits per heavy atom. The molecule has 0 radical (unpaired) electrons. The molecule has 4 heteroatoms. The number of rotatable bonds is 5. The fraction of sp³-hybridized carbons (Fsp3) is 0.174. The minimum atomic E-state index is -0.180. The van der Waals surface area contributed by atoms with Gasteiger partial charge in [0.15, 0.2) is 0 Å². The van der Waals surface area contributed by atoms with E-state index in [2.05, 4.69) is 19.2 Å². The van der Waals surface area contributed by atoms with Crippen LogP contribution >= 0.6 is 0 Å². The van der Waals surface area contributed by atoms with E-state index in [0.717, 1.165) is 21.9 Å². The highest BCUT2D eigenvalue weighted by Crippen LogP contribution is 2.30. The summed E-state index contributed by atoms with van der Waals surface area (Å²) in [6.45, 7) is 4.79. The molecule has 1 N–H and O–H groups in total. The minimum absolute atomic E-state index is 0.180. The van der Waals surface area contributed by atoms with E-state index in [1.54, 1.807) is 12.1 Å². The van der Waals surface area contributed by atoms with Gasteiger partial charge in [0, 0.05) is 28.1 Å². The summed E-state index contributed by atoms with van der Waals surface area (Å²) in [5, 5.41) is 5.04. The molecule has 4 aromatic rings. The average Bonchev–Trinajstić information content (AvgIpc) is 3.04. The highest BCUT2D eigenvalue weighted by atomic mass is 16.5. The number of ether oxygens (including phenoxy) is 1. The van der Waals surface area contributed by atoms with Crippen molar-refractivity contribution in [1.82, 2.24) is 0 Å². The summed E-state index contributed by atoms with van der Waals surface area (Å²) >= 11 is 0. The average molecular weight is 359 g/mol. The standard InChI is InChI=1S/C23H21NO3/c1-15(2)14-26-18-7-5-6-16(12-18)23(25)24-17-10-11-20-19-8-3-4-9-21(19)27-22(20)13-17/h3-13,15H,14H2,1-2H3,(H,24,25). The van der Waals surface area contributed by atoms with Gasteiger partial charge in [-0.3, -0.25) is 4.79 Å². The molecule has 0 fully saturated rings. The van der Waals surface area contributed by atoms with Gasteiger partial charge in [-0.05, 0) is 42.3 Å². The number of para-hydroxylation sites is 1. The highest BCUT2D eigenvalue weighted by Gasteiger charge is 2.11. The van der Waals surface area contributed by atoms with E-state index < -0.39 is 0 Å². The van der Waals surface area contributed by atoms with Crippen molar-refractivity contribution in [2.75, 3.05) is 11.9 Å². The van der Waals surface area contributed by atoms with Gasteiger partial charge in [-0.25, -0.2) is 0 Å². The molecule has 0 bridgehead atoms. The molecule has 4 nitrogen and oxygen atoms in total. The van der Waals surface area contributed by atoms with Crippen molar-refractivity contribution in [2.45, 2.75) is 13.8 Å². The topological polar surface area (TPSA) is 51.5 Å². The molecule has 1 heterocycles. The summed E-state index contributed by atoms with van der Waals surface area (Å²) in [6, 6.07) is 20.8. The Morgan fingerprint density at radius 1 is 0.963 bits per heavy atom. The first-order valence-electron chi connectivity index (χ1n) is 9.05. The second kappa shape index (κ2) is 7.16. The van der Waals surface area contributed by atoms with Gasteiger partial charge >= 0.3 is 0 Å². The van der Waals surface area contributed by atoms with Crippen LogP contribution in [-0.4, -0.2) is 12.5 Å². The normalized spacial score (nSPS) is 11.2. The van der Waals surface area contributed by atoms with Crippen LogP contribution in [0.25, 0.3) is 21.9 Å². The molecule has 0 saturated carbocycles. The summed E-state index contributed by atoms with van der Waals surface area (Å²) in [5.41, 5.74) is 2.84. The van der Waals surface area contributed by atoms with E-state index in [9.17, 15) is 4.79 Å². The van der Waals surface area contributed by atoms with Crippen molar-refractivity contribution < 1.29 is 13.9 Å². The van der Waals surface area contributed by atoms with Crippen LogP contribution in [0.5, 0.6) is 5.75 Å². The Balaban J connectivity index is 1.55. The molecule has 1 aromatic heterocycles. The lowest BCUT2D eigenvalue weighted by Gasteiger charge is -2.10. The van der Waals surface area contributed by atoms with Crippen molar-refractivity contribution in [3.8, 4) is 5.75 Å². The molecule has 0 saturated heterocycles. The van der Waals surface area contributed by atoms with Gasteiger partial charge < -0.3 is 14.5 Å². The Bertz CT molecular complexity index is 1110. The molecule has 0 spiro atoms. The van der Waals surface area contributed by atoms with Gasteiger partial charge in [-0.2, -0.15) is 0 Å². The van der Waals surface area contributed by atoms with Crippen LogP contribution in [0.2, 0.25) is 0 Å². The molecular formula is C23H21NO3. The zero-order valence-electron chi connectivity index (χ0n) is 15.4. The van der Waals surface area contributed by atoms with E-state index in [-0.39, 0.29) is 5.91 Å². The fourth-order valence-electron chi connectivity index (χ4n) is 3.00. The van der Waals surface area contributed by atoms with E-state index in [1.165, 1.54) is 0 Å². The number of fused-ring (bicyclic) bond motifs is 3. The second-order valence-electron chi connectivity index (χ2n) is 7.00. The summed E-state index contributed by atoms with van der Waals surface area (Å²) in [7, 11) is 0. The lowest BCUT2D eigenvalue weighted by molar-refractivity contribution is 0.102. The Hall–Kier alpha value is -3.27. The summed E-state index contributed by atoms with van der Waals surface area (Å²) < 4.78 is 11.6. The number of benzene rings is 3. The fourth-order valence-corrected chi connectivity index (χ4v) is 3.00. The predicted molar refractivity (Wildman–Crippen MR) is 108 cm³/mol. The zero-order valence-corrected chi connectivity index (χ0v) is 15.4. The Labute approximate surface area is 157 Å². The molecule has 3 aromatic carbocycles. The molecule has 136 valence electrons. The van der Waals surface area contributed by atoms with Gasteiger partial charge in [0.25, 0.3) is 5.91 Å². The first kappa shape index (κ1) is 17.2. The van der Waals surface area contributed by atoms with Crippen molar-refractivity contribution in [1.29, 1.82) is 0 Å². The van der Waals surface area contributed by atoms with Gasteiger partial charge in [-0.15, -0.1) is 0 Å². The number of furan rings is 1. The third-order valence-electron chi connectivity index (χ3n) is 4.32. The van der Waals surface area contributed by atoms with E-state index in [0.29, 0.717) is 29.5 Å². The molecule has 0 aliphatic heterocycles. The highest BCUT2D eigenvalue weighted by molar-refractivity contribution is 6.08. The van der Waals surface area contributed by atoms with Crippen molar-refractivity contribution in [3.05, 3.63) is 72.3 Å². The number of hydrogen-bond acceptors (Lipinski definition) is 3. The Morgan fingerprint density at radius 2 is 1.78 bits per heavy atom. The van der Waals surface area contributed by atoms with Crippen LogP contribution in [0.4, 0.5) is 5.69 Å². The van der Waals surface area contributed by atoms with Crippen LogP contribution in [0, 0.1) is 5.92 Å². The van der Waals surface area contributed by atoms with Crippen molar-refractivity contribution >= 4 is 33.5 Å². The number of carbonyl (C=O) groups is 1. The quantitative estimate of drug-likeness (QED) is 0.484. The second-order valence-corrected chi connectivity index (χ2v) is 7.00. The SMILES string of the molecule is CC(C)COc1cccc(C(=O)Nc2ccc3c(c2)oc2ccccc23)c1. The molecule has 1 amide bonds. The third kappa shape index (κ3) is 3.65. The maximum atomic E-state index is 12.6. The third-order valence-corrected chi connectivity index (χ3v) is 4.32. The van der Waals surface area contributed by atoms with Gasteiger partial charge in [0.2, 0.25) is 0 Å².